The van der Waals surface area contributed by atoms with E-state index >= 15 is 0 Å². The van der Waals surface area contributed by atoms with Crippen molar-refractivity contribution in [1.29, 1.82) is 0 Å². The highest BCUT2D eigenvalue weighted by atomic mass is 79.9. The lowest BCUT2D eigenvalue weighted by molar-refractivity contribution is 0.439. The minimum atomic E-state index is -0.306. The number of thiocarbonyl (C=S) groups is 1. The first-order chi connectivity index (χ1) is 16.0. The summed E-state index contributed by atoms with van der Waals surface area (Å²) >= 11 is 9.21. The SMILES string of the molecule is CCc1ccc(N2C(=S)NC(c3ccccn3)C2c2ccc(-c3ccc(F)cc3Br)o2)cc1. The smallest absolute Gasteiger partial charge is 0.174 e. The summed E-state index contributed by atoms with van der Waals surface area (Å²) < 4.78 is 20.6. The molecule has 1 aliphatic heterocycles. The van der Waals surface area contributed by atoms with Crippen LogP contribution in [0.1, 0.15) is 36.0 Å². The van der Waals surface area contributed by atoms with Crippen molar-refractivity contribution in [1.82, 2.24) is 10.3 Å². The van der Waals surface area contributed by atoms with Crippen LogP contribution in [0.4, 0.5) is 10.1 Å². The highest BCUT2D eigenvalue weighted by Gasteiger charge is 2.42. The Hall–Kier alpha value is -3.03. The zero-order valence-corrected chi connectivity index (χ0v) is 20.2. The van der Waals surface area contributed by atoms with Crippen molar-refractivity contribution < 1.29 is 8.81 Å². The normalized spacial score (nSPS) is 17.9. The Morgan fingerprint density at radius 3 is 2.61 bits per heavy atom. The molecule has 7 heteroatoms. The number of furan rings is 1. The number of hydrogen-bond donors (Lipinski definition) is 1. The molecular weight excluding hydrogens is 501 g/mol. The largest absolute Gasteiger partial charge is 0.459 e. The zero-order chi connectivity index (χ0) is 22.9. The van der Waals surface area contributed by atoms with Crippen LogP contribution in [0.5, 0.6) is 0 Å². The van der Waals surface area contributed by atoms with Crippen molar-refractivity contribution in [3.8, 4) is 11.3 Å². The highest BCUT2D eigenvalue weighted by Crippen LogP contribution is 2.43. The third-order valence-electron chi connectivity index (χ3n) is 5.84. The lowest BCUT2D eigenvalue weighted by Crippen LogP contribution is -2.29. The van der Waals surface area contributed by atoms with E-state index in [2.05, 4.69) is 62.3 Å². The van der Waals surface area contributed by atoms with Crippen LogP contribution in [-0.2, 0) is 6.42 Å². The molecule has 0 saturated carbocycles. The number of rotatable bonds is 5. The molecular formula is C26H21BrFN3OS. The first-order valence-electron chi connectivity index (χ1n) is 10.7. The fourth-order valence-electron chi connectivity index (χ4n) is 4.16. The number of nitrogens with one attached hydrogen (secondary N) is 1. The summed E-state index contributed by atoms with van der Waals surface area (Å²) in [5.41, 5.74) is 3.90. The van der Waals surface area contributed by atoms with Crippen LogP contribution in [0.15, 0.2) is 87.9 Å². The monoisotopic (exact) mass is 521 g/mol. The number of anilines is 1. The van der Waals surface area contributed by atoms with Crippen LogP contribution < -0.4 is 10.2 Å². The first kappa shape index (κ1) is 21.8. The summed E-state index contributed by atoms with van der Waals surface area (Å²) in [6, 6.07) is 22.2. The quantitative estimate of drug-likeness (QED) is 0.287. The molecule has 4 nitrogen and oxygen atoms in total. The van der Waals surface area contributed by atoms with Gasteiger partial charge < -0.3 is 14.6 Å². The minimum absolute atomic E-state index is 0.194. The molecule has 33 heavy (non-hydrogen) atoms. The Bertz CT molecular complexity index is 1290. The standard InChI is InChI=1S/C26H21BrFN3OS/c1-2-16-6-9-18(10-7-16)31-25(24(30-26(31)33)21-5-3-4-14-29-21)23-13-12-22(32-23)19-11-8-17(28)15-20(19)27/h3-15,24-25H,2H2,1H3,(H,30,33). The van der Waals surface area contributed by atoms with E-state index in [9.17, 15) is 4.39 Å². The van der Waals surface area contributed by atoms with Crippen molar-refractivity contribution in [2.45, 2.75) is 25.4 Å². The van der Waals surface area contributed by atoms with E-state index < -0.39 is 0 Å². The third-order valence-corrected chi connectivity index (χ3v) is 6.81. The number of nitrogens with zero attached hydrogens (tertiary/aromatic N) is 2. The lowest BCUT2D eigenvalue weighted by Gasteiger charge is -2.26. The summed E-state index contributed by atoms with van der Waals surface area (Å²) in [5.74, 6) is 1.08. The average molecular weight is 522 g/mol. The summed E-state index contributed by atoms with van der Waals surface area (Å²) in [7, 11) is 0. The van der Waals surface area contributed by atoms with Gasteiger partial charge in [-0.2, -0.15) is 0 Å². The average Bonchev–Trinajstić information content (AvgIpc) is 3.44. The zero-order valence-electron chi connectivity index (χ0n) is 17.8. The predicted molar refractivity (Wildman–Crippen MR) is 136 cm³/mol. The number of aryl methyl sites for hydroxylation is 1. The van der Waals surface area contributed by atoms with Gasteiger partial charge in [-0.15, -0.1) is 0 Å². The van der Waals surface area contributed by atoms with Crippen LogP contribution in [0.25, 0.3) is 11.3 Å². The van der Waals surface area contributed by atoms with Crippen LogP contribution in [0.2, 0.25) is 0 Å². The van der Waals surface area contributed by atoms with Gasteiger partial charge in [0.2, 0.25) is 0 Å². The van der Waals surface area contributed by atoms with E-state index in [-0.39, 0.29) is 17.9 Å². The molecule has 1 saturated heterocycles. The van der Waals surface area contributed by atoms with Gasteiger partial charge in [0, 0.05) is 21.9 Å². The van der Waals surface area contributed by atoms with Crippen molar-refractivity contribution in [3.63, 3.8) is 0 Å². The Labute approximate surface area is 205 Å². The molecule has 4 aromatic rings. The Kier molecular flexibility index (Phi) is 6.00. The fraction of sp³-hybridized carbons (Fsp3) is 0.154. The van der Waals surface area contributed by atoms with Gasteiger partial charge >= 0.3 is 0 Å². The summed E-state index contributed by atoms with van der Waals surface area (Å²) in [6.07, 6.45) is 2.75. The fourth-order valence-corrected chi connectivity index (χ4v) is 5.05. The van der Waals surface area contributed by atoms with Crippen LogP contribution in [0, 0.1) is 5.82 Å². The van der Waals surface area contributed by atoms with E-state index in [0.717, 1.165) is 29.1 Å². The molecule has 1 N–H and O–H groups in total. The van der Waals surface area contributed by atoms with Crippen molar-refractivity contribution >= 4 is 38.9 Å². The maximum Gasteiger partial charge on any atom is 0.174 e. The molecule has 1 aliphatic rings. The Morgan fingerprint density at radius 2 is 1.91 bits per heavy atom. The predicted octanol–water partition coefficient (Wildman–Crippen LogP) is 6.98. The summed E-state index contributed by atoms with van der Waals surface area (Å²) in [5, 5.41) is 4.05. The molecule has 2 aromatic heterocycles. The van der Waals surface area contributed by atoms with Gasteiger partial charge in [0.1, 0.15) is 23.4 Å². The molecule has 2 aromatic carbocycles. The molecule has 2 unspecified atom stereocenters. The number of benzene rings is 2. The van der Waals surface area contributed by atoms with Crippen molar-refractivity contribution in [2.75, 3.05) is 4.90 Å². The molecule has 5 rings (SSSR count). The van der Waals surface area contributed by atoms with Gasteiger partial charge in [-0.3, -0.25) is 4.98 Å². The van der Waals surface area contributed by atoms with Gasteiger partial charge in [0.25, 0.3) is 0 Å². The number of pyridine rings is 1. The molecule has 0 spiro atoms. The molecule has 3 heterocycles. The third kappa shape index (κ3) is 4.18. The Balaban J connectivity index is 1.59. The highest BCUT2D eigenvalue weighted by molar-refractivity contribution is 9.10. The van der Waals surface area contributed by atoms with Crippen LogP contribution in [0.3, 0.4) is 0 Å². The molecule has 0 amide bonds. The van der Waals surface area contributed by atoms with Gasteiger partial charge in [-0.05, 0) is 94.7 Å². The minimum Gasteiger partial charge on any atom is -0.459 e. The second-order valence-electron chi connectivity index (χ2n) is 7.84. The van der Waals surface area contributed by atoms with E-state index in [1.807, 2.05) is 30.3 Å². The second kappa shape index (κ2) is 9.08. The van der Waals surface area contributed by atoms with Crippen molar-refractivity contribution in [3.05, 3.63) is 106 Å². The molecule has 2 atom stereocenters. The maximum atomic E-state index is 13.6. The summed E-state index contributed by atoms with van der Waals surface area (Å²) in [4.78, 5) is 6.66. The molecule has 1 fully saturated rings. The summed E-state index contributed by atoms with van der Waals surface area (Å²) in [6.45, 7) is 2.13. The molecule has 166 valence electrons. The first-order valence-corrected chi connectivity index (χ1v) is 11.9. The van der Waals surface area contributed by atoms with E-state index in [1.165, 1.54) is 17.7 Å². The van der Waals surface area contributed by atoms with Gasteiger partial charge in [0.15, 0.2) is 5.11 Å². The number of hydrogen-bond acceptors (Lipinski definition) is 3. The molecule has 0 radical (unpaired) electrons. The number of halogens is 2. The van der Waals surface area contributed by atoms with E-state index in [0.29, 0.717) is 15.3 Å². The van der Waals surface area contributed by atoms with Crippen molar-refractivity contribution in [2.24, 2.45) is 0 Å². The van der Waals surface area contributed by atoms with E-state index in [1.54, 1.807) is 12.3 Å². The Morgan fingerprint density at radius 1 is 1.09 bits per heavy atom. The van der Waals surface area contributed by atoms with Gasteiger partial charge in [-0.25, -0.2) is 4.39 Å². The van der Waals surface area contributed by atoms with Crippen LogP contribution in [-0.4, -0.2) is 10.1 Å². The number of aromatic nitrogens is 1. The van der Waals surface area contributed by atoms with Gasteiger partial charge in [-0.1, -0.05) is 25.1 Å². The van der Waals surface area contributed by atoms with Crippen LogP contribution >= 0.6 is 28.1 Å². The molecule has 0 aliphatic carbocycles. The lowest BCUT2D eigenvalue weighted by atomic mass is 10.0. The van der Waals surface area contributed by atoms with Gasteiger partial charge in [0.05, 0.1) is 11.7 Å². The maximum absolute atomic E-state index is 13.6. The topological polar surface area (TPSA) is 41.3 Å². The molecule has 0 bridgehead atoms. The second-order valence-corrected chi connectivity index (χ2v) is 9.08. The van der Waals surface area contributed by atoms with E-state index in [4.69, 9.17) is 16.6 Å².